The van der Waals surface area contributed by atoms with E-state index in [1.54, 1.807) is 0 Å². The maximum absolute atomic E-state index is 6.03. The van der Waals surface area contributed by atoms with Crippen molar-refractivity contribution in [3.05, 3.63) is 36.0 Å². The van der Waals surface area contributed by atoms with E-state index in [2.05, 4.69) is 48.9 Å². The zero-order chi connectivity index (χ0) is 13.7. The Morgan fingerprint density at radius 2 is 2.00 bits per heavy atom. The summed E-state index contributed by atoms with van der Waals surface area (Å²) in [5.41, 5.74) is 8.74. The second-order valence-electron chi connectivity index (χ2n) is 5.48. The maximum Gasteiger partial charge on any atom is 0.0480 e. The molecule has 0 saturated heterocycles. The molecule has 2 aromatic rings. The van der Waals surface area contributed by atoms with Crippen LogP contribution in [0.4, 0.5) is 0 Å². The Hall–Kier alpha value is -1.28. The minimum atomic E-state index is 0.282. The normalized spacial score (nSPS) is 13.0. The van der Waals surface area contributed by atoms with Gasteiger partial charge in [0.2, 0.25) is 0 Å². The van der Waals surface area contributed by atoms with Gasteiger partial charge in [0.25, 0.3) is 0 Å². The molecule has 0 fully saturated rings. The Morgan fingerprint density at radius 1 is 1.16 bits per heavy atom. The van der Waals surface area contributed by atoms with Crippen LogP contribution >= 0.6 is 0 Å². The molecule has 104 valence electrons. The molecule has 0 radical (unpaired) electrons. The topological polar surface area (TPSA) is 30.9 Å². The Kier molecular flexibility index (Phi) is 5.03. The molecule has 0 bridgehead atoms. The van der Waals surface area contributed by atoms with Gasteiger partial charge in [0, 0.05) is 24.3 Å². The van der Waals surface area contributed by atoms with Gasteiger partial charge >= 0.3 is 0 Å². The molecule has 19 heavy (non-hydrogen) atoms. The highest BCUT2D eigenvalue weighted by molar-refractivity contribution is 5.80. The van der Waals surface area contributed by atoms with Gasteiger partial charge < -0.3 is 10.3 Å². The van der Waals surface area contributed by atoms with E-state index in [0.29, 0.717) is 0 Å². The number of aromatic nitrogens is 1. The van der Waals surface area contributed by atoms with Crippen molar-refractivity contribution in [1.29, 1.82) is 0 Å². The molecule has 1 unspecified atom stereocenters. The molecule has 1 atom stereocenters. The molecule has 0 amide bonds. The van der Waals surface area contributed by atoms with Crippen LogP contribution in [-0.2, 0) is 13.0 Å². The largest absolute Gasteiger partial charge is 0.347 e. The van der Waals surface area contributed by atoms with E-state index in [1.165, 1.54) is 35.7 Å². The first-order valence-corrected chi connectivity index (χ1v) is 7.58. The third-order valence-corrected chi connectivity index (χ3v) is 3.86. The van der Waals surface area contributed by atoms with Crippen molar-refractivity contribution in [2.75, 3.05) is 0 Å². The van der Waals surface area contributed by atoms with E-state index in [0.717, 1.165) is 19.4 Å². The lowest BCUT2D eigenvalue weighted by atomic mass is 10.0. The SMILES string of the molecule is CCCCCn1ccc2cc(CC(N)CC)ccc21. The number of hydrogen-bond donors (Lipinski definition) is 1. The average Bonchev–Trinajstić information content (AvgIpc) is 2.81. The fraction of sp³-hybridized carbons (Fsp3) is 0.529. The van der Waals surface area contributed by atoms with Crippen LogP contribution in [0.15, 0.2) is 30.5 Å². The second-order valence-corrected chi connectivity index (χ2v) is 5.48. The van der Waals surface area contributed by atoms with Gasteiger partial charge in [0.15, 0.2) is 0 Å². The van der Waals surface area contributed by atoms with Crippen molar-refractivity contribution in [1.82, 2.24) is 4.57 Å². The van der Waals surface area contributed by atoms with Crippen LogP contribution in [-0.4, -0.2) is 10.6 Å². The lowest BCUT2D eigenvalue weighted by molar-refractivity contribution is 0.616. The molecule has 0 saturated carbocycles. The number of nitrogens with two attached hydrogens (primary N) is 1. The van der Waals surface area contributed by atoms with Crippen LogP contribution in [0.2, 0.25) is 0 Å². The van der Waals surface area contributed by atoms with Crippen molar-refractivity contribution < 1.29 is 0 Å². The molecule has 1 aromatic heterocycles. The van der Waals surface area contributed by atoms with Crippen LogP contribution < -0.4 is 5.73 Å². The summed E-state index contributed by atoms with van der Waals surface area (Å²) in [4.78, 5) is 0. The monoisotopic (exact) mass is 258 g/mol. The third-order valence-electron chi connectivity index (χ3n) is 3.86. The number of benzene rings is 1. The summed E-state index contributed by atoms with van der Waals surface area (Å²) in [7, 11) is 0. The van der Waals surface area contributed by atoms with Crippen LogP contribution in [0, 0.1) is 0 Å². The van der Waals surface area contributed by atoms with E-state index < -0.39 is 0 Å². The van der Waals surface area contributed by atoms with Gasteiger partial charge in [-0.25, -0.2) is 0 Å². The number of fused-ring (bicyclic) bond motifs is 1. The Balaban J connectivity index is 2.12. The second kappa shape index (κ2) is 6.76. The molecule has 2 rings (SSSR count). The molecule has 2 N–H and O–H groups in total. The summed E-state index contributed by atoms with van der Waals surface area (Å²) in [5, 5.41) is 1.34. The van der Waals surface area contributed by atoms with Gasteiger partial charge in [-0.15, -0.1) is 0 Å². The van der Waals surface area contributed by atoms with Crippen LogP contribution in [0.3, 0.4) is 0 Å². The minimum Gasteiger partial charge on any atom is -0.347 e. The maximum atomic E-state index is 6.03. The molecule has 0 aliphatic heterocycles. The molecule has 2 heteroatoms. The first kappa shape index (κ1) is 14.1. The van der Waals surface area contributed by atoms with Crippen molar-refractivity contribution in [3.8, 4) is 0 Å². The number of aryl methyl sites for hydroxylation is 1. The van der Waals surface area contributed by atoms with Crippen LogP contribution in [0.1, 0.15) is 45.1 Å². The Bertz CT molecular complexity index is 513. The summed E-state index contributed by atoms with van der Waals surface area (Å²) < 4.78 is 2.37. The molecule has 0 spiro atoms. The van der Waals surface area contributed by atoms with Gasteiger partial charge in [0.1, 0.15) is 0 Å². The first-order valence-electron chi connectivity index (χ1n) is 7.58. The molecule has 2 nitrogen and oxygen atoms in total. The number of rotatable bonds is 7. The van der Waals surface area contributed by atoms with Gasteiger partial charge in [-0.1, -0.05) is 32.8 Å². The zero-order valence-electron chi connectivity index (χ0n) is 12.2. The third kappa shape index (κ3) is 3.60. The fourth-order valence-corrected chi connectivity index (χ4v) is 2.55. The van der Waals surface area contributed by atoms with E-state index in [-0.39, 0.29) is 6.04 Å². The molecular formula is C17H26N2. The zero-order valence-corrected chi connectivity index (χ0v) is 12.2. The van der Waals surface area contributed by atoms with Gasteiger partial charge in [-0.2, -0.15) is 0 Å². The Morgan fingerprint density at radius 3 is 2.74 bits per heavy atom. The predicted octanol–water partition coefficient (Wildman–Crippen LogP) is 4.11. The number of hydrogen-bond acceptors (Lipinski definition) is 1. The van der Waals surface area contributed by atoms with E-state index in [4.69, 9.17) is 5.73 Å². The highest BCUT2D eigenvalue weighted by Crippen LogP contribution is 2.19. The summed E-state index contributed by atoms with van der Waals surface area (Å²) in [5.74, 6) is 0. The molecule has 0 aliphatic rings. The predicted molar refractivity (Wildman–Crippen MR) is 83.4 cm³/mol. The summed E-state index contributed by atoms with van der Waals surface area (Å²) in [6.07, 6.45) is 8.08. The van der Waals surface area contributed by atoms with Gasteiger partial charge in [-0.05, 0) is 48.4 Å². The van der Waals surface area contributed by atoms with E-state index >= 15 is 0 Å². The van der Waals surface area contributed by atoms with Crippen molar-refractivity contribution in [2.45, 2.75) is 58.5 Å². The quantitative estimate of drug-likeness (QED) is 0.744. The number of unbranched alkanes of at least 4 members (excludes halogenated alkanes) is 2. The van der Waals surface area contributed by atoms with Crippen molar-refractivity contribution >= 4 is 10.9 Å². The molecule has 1 heterocycles. The summed E-state index contributed by atoms with van der Waals surface area (Å²) in [6.45, 7) is 5.52. The van der Waals surface area contributed by atoms with Crippen molar-refractivity contribution in [2.24, 2.45) is 5.73 Å². The smallest absolute Gasteiger partial charge is 0.0480 e. The average molecular weight is 258 g/mol. The lowest BCUT2D eigenvalue weighted by Crippen LogP contribution is -2.21. The van der Waals surface area contributed by atoms with Crippen molar-refractivity contribution in [3.63, 3.8) is 0 Å². The summed E-state index contributed by atoms with van der Waals surface area (Å²) in [6, 6.07) is 9.28. The number of nitrogens with zero attached hydrogens (tertiary/aromatic N) is 1. The van der Waals surface area contributed by atoms with E-state index in [1.807, 2.05) is 0 Å². The minimum absolute atomic E-state index is 0.282. The standard InChI is InChI=1S/C17H26N2/c1-3-5-6-10-19-11-9-15-12-14(7-8-17(15)19)13-16(18)4-2/h7-9,11-12,16H,3-6,10,13,18H2,1-2H3. The van der Waals surface area contributed by atoms with Crippen LogP contribution in [0.25, 0.3) is 10.9 Å². The Labute approximate surface area is 116 Å². The van der Waals surface area contributed by atoms with E-state index in [9.17, 15) is 0 Å². The van der Waals surface area contributed by atoms with Gasteiger partial charge in [0.05, 0.1) is 0 Å². The highest BCUT2D eigenvalue weighted by atomic mass is 14.9. The fourth-order valence-electron chi connectivity index (χ4n) is 2.55. The molecule has 0 aliphatic carbocycles. The van der Waals surface area contributed by atoms with Gasteiger partial charge in [-0.3, -0.25) is 0 Å². The lowest BCUT2D eigenvalue weighted by Gasteiger charge is -2.09. The summed E-state index contributed by atoms with van der Waals surface area (Å²) >= 11 is 0. The highest BCUT2D eigenvalue weighted by Gasteiger charge is 2.05. The molecular weight excluding hydrogens is 232 g/mol. The molecule has 1 aromatic carbocycles. The van der Waals surface area contributed by atoms with Crippen LogP contribution in [0.5, 0.6) is 0 Å². The first-order chi connectivity index (χ1) is 9.24.